The van der Waals surface area contributed by atoms with E-state index in [4.69, 9.17) is 16.3 Å². The molecule has 0 saturated carbocycles. The van der Waals surface area contributed by atoms with Gasteiger partial charge in [0.2, 0.25) is 10.0 Å². The summed E-state index contributed by atoms with van der Waals surface area (Å²) >= 11 is 5.70. The van der Waals surface area contributed by atoms with Crippen molar-refractivity contribution in [2.24, 2.45) is 0 Å². The number of rotatable bonds is 3. The zero-order valence-corrected chi connectivity index (χ0v) is 13.7. The van der Waals surface area contributed by atoms with Crippen molar-refractivity contribution < 1.29 is 17.5 Å². The molecule has 0 aromatic heterocycles. The van der Waals surface area contributed by atoms with Crippen molar-refractivity contribution in [1.82, 2.24) is 4.31 Å². The van der Waals surface area contributed by atoms with Gasteiger partial charge in [-0.2, -0.15) is 4.31 Å². The van der Waals surface area contributed by atoms with E-state index < -0.39 is 15.8 Å². The summed E-state index contributed by atoms with van der Waals surface area (Å²) in [5.41, 5.74) is 0.921. The third-order valence-electron chi connectivity index (χ3n) is 3.73. The molecular weight excluding hydrogens is 341 g/mol. The van der Waals surface area contributed by atoms with Crippen molar-refractivity contribution in [2.75, 3.05) is 19.7 Å². The molecule has 0 unspecified atom stereocenters. The molecule has 0 spiro atoms. The van der Waals surface area contributed by atoms with Crippen molar-refractivity contribution in [1.29, 1.82) is 0 Å². The number of morpholine rings is 1. The van der Waals surface area contributed by atoms with E-state index >= 15 is 0 Å². The van der Waals surface area contributed by atoms with Gasteiger partial charge in [0, 0.05) is 13.1 Å². The average Bonchev–Trinajstić information content (AvgIpc) is 2.58. The molecule has 1 fully saturated rings. The number of hydrogen-bond donors (Lipinski definition) is 0. The summed E-state index contributed by atoms with van der Waals surface area (Å²) in [5.74, 6) is -0.644. The number of benzene rings is 2. The molecule has 23 heavy (non-hydrogen) atoms. The van der Waals surface area contributed by atoms with E-state index in [0.717, 1.165) is 17.7 Å². The number of nitrogens with zero attached hydrogens (tertiary/aromatic N) is 1. The average molecular weight is 356 g/mol. The van der Waals surface area contributed by atoms with Crippen molar-refractivity contribution in [3.8, 4) is 0 Å². The van der Waals surface area contributed by atoms with Gasteiger partial charge in [-0.3, -0.25) is 0 Å². The van der Waals surface area contributed by atoms with Crippen LogP contribution >= 0.6 is 11.6 Å². The van der Waals surface area contributed by atoms with E-state index in [2.05, 4.69) is 0 Å². The third-order valence-corrected chi connectivity index (χ3v) is 5.88. The van der Waals surface area contributed by atoms with E-state index in [9.17, 15) is 12.8 Å². The summed E-state index contributed by atoms with van der Waals surface area (Å²) in [5, 5.41) is -0.209. The van der Waals surface area contributed by atoms with Crippen LogP contribution in [0.25, 0.3) is 0 Å². The van der Waals surface area contributed by atoms with E-state index in [1.165, 1.54) is 10.4 Å². The van der Waals surface area contributed by atoms with Gasteiger partial charge in [-0.1, -0.05) is 41.9 Å². The Morgan fingerprint density at radius 3 is 2.61 bits per heavy atom. The molecule has 0 amide bonds. The van der Waals surface area contributed by atoms with Gasteiger partial charge in [0.25, 0.3) is 0 Å². The summed E-state index contributed by atoms with van der Waals surface area (Å²) in [6.07, 6.45) is -0.323. The first-order valence-electron chi connectivity index (χ1n) is 7.10. The molecule has 0 bridgehead atoms. The van der Waals surface area contributed by atoms with Gasteiger partial charge in [-0.05, 0) is 23.8 Å². The van der Waals surface area contributed by atoms with Gasteiger partial charge >= 0.3 is 0 Å². The zero-order chi connectivity index (χ0) is 16.4. The molecule has 1 aliphatic heterocycles. The lowest BCUT2D eigenvalue weighted by molar-refractivity contribution is -0.00255. The smallest absolute Gasteiger partial charge is 0.243 e. The van der Waals surface area contributed by atoms with Crippen LogP contribution in [-0.2, 0) is 14.8 Å². The van der Waals surface area contributed by atoms with Crippen LogP contribution < -0.4 is 0 Å². The maximum Gasteiger partial charge on any atom is 0.243 e. The SMILES string of the molecule is O=S(=O)(c1ccc(F)c(Cl)c1)N1CCO[C@@H](c2ccccc2)C1. The minimum Gasteiger partial charge on any atom is -0.371 e. The second-order valence-corrected chi connectivity index (χ2v) is 7.55. The molecule has 4 nitrogen and oxygen atoms in total. The first-order valence-corrected chi connectivity index (χ1v) is 8.92. The van der Waals surface area contributed by atoms with Gasteiger partial charge in [0.15, 0.2) is 0 Å². The summed E-state index contributed by atoms with van der Waals surface area (Å²) < 4.78 is 45.7. The lowest BCUT2D eigenvalue weighted by atomic mass is 10.1. The van der Waals surface area contributed by atoms with E-state index in [-0.39, 0.29) is 29.1 Å². The second kappa shape index (κ2) is 6.57. The molecule has 1 atom stereocenters. The predicted octanol–water partition coefficient (Wildman–Crippen LogP) is 3.24. The molecule has 1 aliphatic rings. The molecule has 0 radical (unpaired) electrons. The minimum atomic E-state index is -3.74. The van der Waals surface area contributed by atoms with Crippen LogP contribution in [0.1, 0.15) is 11.7 Å². The van der Waals surface area contributed by atoms with Crippen LogP contribution in [0.5, 0.6) is 0 Å². The Morgan fingerprint density at radius 2 is 1.91 bits per heavy atom. The Balaban J connectivity index is 1.86. The van der Waals surface area contributed by atoms with Gasteiger partial charge < -0.3 is 4.74 Å². The van der Waals surface area contributed by atoms with Crippen LogP contribution in [0.15, 0.2) is 53.4 Å². The third kappa shape index (κ3) is 3.40. The van der Waals surface area contributed by atoms with Crippen LogP contribution in [0.4, 0.5) is 4.39 Å². The monoisotopic (exact) mass is 355 g/mol. The molecule has 2 aromatic carbocycles. The Bertz CT molecular complexity index is 798. The fourth-order valence-electron chi connectivity index (χ4n) is 2.50. The van der Waals surface area contributed by atoms with Gasteiger partial charge in [-0.15, -0.1) is 0 Å². The van der Waals surface area contributed by atoms with E-state index in [1.54, 1.807) is 0 Å². The number of halogens is 2. The lowest BCUT2D eigenvalue weighted by Crippen LogP contribution is -2.42. The molecule has 7 heteroatoms. The van der Waals surface area contributed by atoms with Crippen LogP contribution in [0, 0.1) is 5.82 Å². The van der Waals surface area contributed by atoms with E-state index in [1.807, 2.05) is 30.3 Å². The molecule has 0 aliphatic carbocycles. The summed E-state index contributed by atoms with van der Waals surface area (Å²) in [6, 6.07) is 12.9. The second-order valence-electron chi connectivity index (χ2n) is 5.21. The fraction of sp³-hybridized carbons (Fsp3) is 0.250. The van der Waals surface area contributed by atoms with Gasteiger partial charge in [0.1, 0.15) is 5.82 Å². The van der Waals surface area contributed by atoms with Crippen molar-refractivity contribution >= 4 is 21.6 Å². The molecule has 0 N–H and O–H groups in total. The quantitative estimate of drug-likeness (QED) is 0.849. The maximum atomic E-state index is 13.3. The molecule has 2 aromatic rings. The van der Waals surface area contributed by atoms with Crippen molar-refractivity contribution in [2.45, 2.75) is 11.0 Å². The highest BCUT2D eigenvalue weighted by molar-refractivity contribution is 7.89. The van der Waals surface area contributed by atoms with Crippen LogP contribution in [-0.4, -0.2) is 32.4 Å². The van der Waals surface area contributed by atoms with Gasteiger partial charge in [-0.25, -0.2) is 12.8 Å². The minimum absolute atomic E-state index is 0.0161. The molecular formula is C16H15ClFNO3S. The number of sulfonamides is 1. The van der Waals surface area contributed by atoms with Gasteiger partial charge in [0.05, 0.1) is 22.6 Å². The number of ether oxygens (including phenoxy) is 1. The first kappa shape index (κ1) is 16.4. The summed E-state index contributed by atoms with van der Waals surface area (Å²) in [4.78, 5) is -0.0161. The lowest BCUT2D eigenvalue weighted by Gasteiger charge is -2.32. The Morgan fingerprint density at radius 1 is 1.17 bits per heavy atom. The van der Waals surface area contributed by atoms with Crippen LogP contribution in [0.2, 0.25) is 5.02 Å². The maximum absolute atomic E-state index is 13.3. The van der Waals surface area contributed by atoms with Crippen LogP contribution in [0.3, 0.4) is 0 Å². The molecule has 122 valence electrons. The fourth-order valence-corrected chi connectivity index (χ4v) is 4.20. The first-order chi connectivity index (χ1) is 11.0. The Hall–Kier alpha value is -1.47. The topological polar surface area (TPSA) is 46.6 Å². The van der Waals surface area contributed by atoms with E-state index in [0.29, 0.717) is 6.61 Å². The Labute approximate surface area is 139 Å². The predicted molar refractivity (Wildman–Crippen MR) is 85.3 cm³/mol. The molecule has 1 heterocycles. The largest absolute Gasteiger partial charge is 0.371 e. The summed E-state index contributed by atoms with van der Waals surface area (Å²) in [6.45, 7) is 0.760. The molecule has 1 saturated heterocycles. The highest BCUT2D eigenvalue weighted by atomic mass is 35.5. The molecule has 3 rings (SSSR count). The Kier molecular flexibility index (Phi) is 4.68. The number of hydrogen-bond acceptors (Lipinski definition) is 3. The standard InChI is InChI=1S/C16H15ClFNO3S/c17-14-10-13(6-7-15(14)18)23(20,21)19-8-9-22-16(11-19)12-4-2-1-3-5-12/h1-7,10,16H,8-9,11H2/t16-/m1/s1. The normalized spacial score (nSPS) is 19.7. The summed E-state index contributed by atoms with van der Waals surface area (Å²) in [7, 11) is -3.74. The highest BCUT2D eigenvalue weighted by Gasteiger charge is 2.31. The zero-order valence-electron chi connectivity index (χ0n) is 12.2. The highest BCUT2D eigenvalue weighted by Crippen LogP contribution is 2.28. The van der Waals surface area contributed by atoms with Crippen molar-refractivity contribution in [3.05, 3.63) is 64.9 Å². The van der Waals surface area contributed by atoms with Crippen molar-refractivity contribution in [3.63, 3.8) is 0 Å².